The highest BCUT2D eigenvalue weighted by molar-refractivity contribution is 7.42. The number of hydrogen-bond donors (Lipinski definition) is 0. The molecule has 6 aromatic rings. The summed E-state index contributed by atoms with van der Waals surface area (Å²) in [4.78, 5) is 6.48. The Labute approximate surface area is 404 Å². The number of aryl methyl sites for hydroxylation is 4. The van der Waals surface area contributed by atoms with E-state index >= 15 is 0 Å². The van der Waals surface area contributed by atoms with Crippen LogP contribution in [0.4, 0.5) is 0 Å². The molecule has 6 aromatic heterocycles. The van der Waals surface area contributed by atoms with Crippen LogP contribution in [0.15, 0.2) is 12.1 Å². The lowest BCUT2D eigenvalue weighted by atomic mass is 10.0. The Kier molecular flexibility index (Phi) is 23.8. The molecule has 0 saturated carbocycles. The first kappa shape index (κ1) is 50.6. The van der Waals surface area contributed by atoms with Crippen LogP contribution in [0.25, 0.3) is 47.4 Å². The van der Waals surface area contributed by atoms with Crippen LogP contribution in [0, 0.1) is 0 Å². The minimum absolute atomic E-state index is 1.29. The zero-order valence-electron chi connectivity index (χ0n) is 40.1. The van der Waals surface area contributed by atoms with Gasteiger partial charge in [-0.1, -0.05) is 207 Å². The van der Waals surface area contributed by atoms with Gasteiger partial charge in [0.15, 0.2) is 0 Å². The number of thiophene rings is 6. The molecular formula is C56H86S6. The number of rotatable bonds is 37. The topological polar surface area (TPSA) is 0 Å². The van der Waals surface area contributed by atoms with E-state index in [9.17, 15) is 0 Å². The van der Waals surface area contributed by atoms with E-state index in [-0.39, 0.29) is 0 Å². The molecule has 6 heterocycles. The summed E-state index contributed by atoms with van der Waals surface area (Å²) in [7, 11) is 0. The van der Waals surface area contributed by atoms with Crippen molar-refractivity contribution in [1.29, 1.82) is 0 Å². The van der Waals surface area contributed by atoms with E-state index in [1.165, 1.54) is 241 Å². The molecule has 0 nitrogen and oxygen atoms in total. The molecule has 6 rings (SSSR count). The zero-order chi connectivity index (χ0) is 43.2. The number of hydrogen-bond acceptors (Lipinski definition) is 6. The molecule has 0 radical (unpaired) electrons. The molecule has 0 atom stereocenters. The molecule has 0 fully saturated rings. The van der Waals surface area contributed by atoms with E-state index in [2.05, 4.69) is 108 Å². The second kappa shape index (κ2) is 29.1. The van der Waals surface area contributed by atoms with Crippen molar-refractivity contribution in [3.63, 3.8) is 0 Å². The maximum absolute atomic E-state index is 2.58. The molecule has 0 aliphatic rings. The quantitative estimate of drug-likeness (QED) is 0.0341. The molecule has 0 aliphatic carbocycles. The normalized spacial score (nSPS) is 12.3. The van der Waals surface area contributed by atoms with Crippen molar-refractivity contribution < 1.29 is 0 Å². The molecule has 0 aromatic carbocycles. The van der Waals surface area contributed by atoms with Crippen LogP contribution in [0.2, 0.25) is 0 Å². The van der Waals surface area contributed by atoms with E-state index in [4.69, 9.17) is 0 Å². The first-order valence-corrected chi connectivity index (χ1v) is 31.5. The van der Waals surface area contributed by atoms with Gasteiger partial charge >= 0.3 is 0 Å². The lowest BCUT2D eigenvalue weighted by Gasteiger charge is -2.06. The van der Waals surface area contributed by atoms with Crippen LogP contribution >= 0.6 is 68.0 Å². The summed E-state index contributed by atoms with van der Waals surface area (Å²) >= 11 is 12.9. The van der Waals surface area contributed by atoms with Gasteiger partial charge in [-0.3, -0.25) is 0 Å². The Hall–Kier alpha value is -0.760. The first-order chi connectivity index (χ1) is 30.7. The van der Waals surface area contributed by atoms with Gasteiger partial charge in [-0.15, -0.1) is 68.0 Å². The van der Waals surface area contributed by atoms with Gasteiger partial charge < -0.3 is 0 Å². The summed E-state index contributed by atoms with van der Waals surface area (Å²) in [6.07, 6.45) is 50.2. The van der Waals surface area contributed by atoms with Crippen molar-refractivity contribution in [2.24, 2.45) is 0 Å². The highest BCUT2D eigenvalue weighted by Gasteiger charge is 2.23. The summed E-state index contributed by atoms with van der Waals surface area (Å²) in [5, 5.41) is 0. The fourth-order valence-corrected chi connectivity index (χ4v) is 18.7. The molecule has 0 aliphatic heterocycles. The van der Waals surface area contributed by atoms with E-state index in [0.29, 0.717) is 0 Å². The van der Waals surface area contributed by atoms with Crippen molar-refractivity contribution in [3.8, 4) is 9.75 Å². The standard InChI is InChI=1S/C56H86S6/c1-5-9-13-17-21-25-29-33-37-43-45(39-35-31-27-23-19-15-11-7-3)57-55-51(43)61-49-41-47(59-53(49)55)48-42-50-54(60-48)56-52(62-50)44(38-34-30-26-22-18-14-10-6-2)46(58-56)40-36-32-28-24-20-16-12-8-4/h41-42H,5-40H2,1-4H3. The largest absolute Gasteiger partial charge is 0.138 e. The van der Waals surface area contributed by atoms with Crippen molar-refractivity contribution in [1.82, 2.24) is 0 Å². The van der Waals surface area contributed by atoms with Gasteiger partial charge in [0.1, 0.15) is 0 Å². The van der Waals surface area contributed by atoms with Crippen LogP contribution in [-0.2, 0) is 25.7 Å². The predicted molar refractivity (Wildman–Crippen MR) is 294 cm³/mol. The smallest absolute Gasteiger partial charge is 0.0636 e. The van der Waals surface area contributed by atoms with Crippen LogP contribution in [0.5, 0.6) is 0 Å². The number of unbranched alkanes of at least 4 members (excludes halogenated alkanes) is 28. The van der Waals surface area contributed by atoms with E-state index < -0.39 is 0 Å². The minimum Gasteiger partial charge on any atom is -0.138 e. The average molecular weight is 952 g/mol. The van der Waals surface area contributed by atoms with Crippen LogP contribution in [0.1, 0.15) is 254 Å². The molecule has 0 spiro atoms. The minimum atomic E-state index is 1.29. The third kappa shape index (κ3) is 15.1. The maximum atomic E-state index is 2.58. The van der Waals surface area contributed by atoms with Crippen LogP contribution in [0.3, 0.4) is 0 Å². The summed E-state index contributed by atoms with van der Waals surface area (Å²) < 4.78 is 12.8. The van der Waals surface area contributed by atoms with Crippen molar-refractivity contribution in [2.75, 3.05) is 0 Å². The first-order valence-electron chi connectivity index (χ1n) is 26.6. The molecule has 346 valence electrons. The molecular weight excluding hydrogens is 865 g/mol. The van der Waals surface area contributed by atoms with Gasteiger partial charge in [0.2, 0.25) is 0 Å². The highest BCUT2D eigenvalue weighted by atomic mass is 32.1. The van der Waals surface area contributed by atoms with E-state index in [1.807, 2.05) is 0 Å². The Morgan fingerprint density at radius 3 is 0.839 bits per heavy atom. The highest BCUT2D eigenvalue weighted by Crippen LogP contribution is 2.53. The van der Waals surface area contributed by atoms with Crippen LogP contribution < -0.4 is 0 Å². The molecule has 0 amide bonds. The lowest BCUT2D eigenvalue weighted by Crippen LogP contribution is -1.91. The SMILES string of the molecule is CCCCCCCCCCc1sc2c(sc3cc(-c4cc5sc6c(CCCCCCCCCC)c(CCCCCCCCCC)sc6c5s4)sc32)c1CCCCCCCCCC. The molecule has 6 heteroatoms. The van der Waals surface area contributed by atoms with Gasteiger partial charge in [0.05, 0.1) is 28.2 Å². The summed E-state index contributed by atoms with van der Waals surface area (Å²) in [6, 6.07) is 5.16. The Bertz CT molecular complexity index is 1940. The van der Waals surface area contributed by atoms with Gasteiger partial charge in [-0.2, -0.15) is 0 Å². The summed E-state index contributed by atoms with van der Waals surface area (Å²) in [5.74, 6) is 0. The second-order valence-corrected chi connectivity index (χ2v) is 25.5. The summed E-state index contributed by atoms with van der Waals surface area (Å²) in [6.45, 7) is 9.31. The third-order valence-corrected chi connectivity index (χ3v) is 21.9. The van der Waals surface area contributed by atoms with Gasteiger partial charge in [-0.05, 0) is 74.6 Å². The van der Waals surface area contributed by atoms with E-state index in [1.54, 1.807) is 58.5 Å². The average Bonchev–Trinajstić information content (AvgIpc) is 4.12. The van der Waals surface area contributed by atoms with Crippen molar-refractivity contribution in [3.05, 3.63) is 33.0 Å². The fraction of sp³-hybridized carbons (Fsp3) is 0.714. The van der Waals surface area contributed by atoms with E-state index in [0.717, 1.165) is 0 Å². The Balaban J connectivity index is 1.15. The predicted octanol–water partition coefficient (Wildman–Crippen LogP) is 23.1. The third-order valence-electron chi connectivity index (χ3n) is 13.6. The van der Waals surface area contributed by atoms with Crippen molar-refractivity contribution in [2.45, 2.75) is 259 Å². The lowest BCUT2D eigenvalue weighted by molar-refractivity contribution is 0.572. The van der Waals surface area contributed by atoms with Gasteiger partial charge in [0, 0.05) is 28.9 Å². The van der Waals surface area contributed by atoms with Gasteiger partial charge in [-0.25, -0.2) is 0 Å². The zero-order valence-corrected chi connectivity index (χ0v) is 45.0. The maximum Gasteiger partial charge on any atom is 0.0636 e. The number of fused-ring (bicyclic) bond motifs is 6. The molecule has 0 bridgehead atoms. The summed E-state index contributed by atoms with van der Waals surface area (Å²) in [5.41, 5.74) is 3.49. The van der Waals surface area contributed by atoms with Gasteiger partial charge in [0.25, 0.3) is 0 Å². The molecule has 0 unspecified atom stereocenters. The Morgan fingerprint density at radius 1 is 0.258 bits per heavy atom. The van der Waals surface area contributed by atoms with Crippen molar-refractivity contribution >= 4 is 106 Å². The molecule has 0 saturated heterocycles. The molecule has 62 heavy (non-hydrogen) atoms. The Morgan fingerprint density at radius 2 is 0.532 bits per heavy atom. The monoisotopic (exact) mass is 951 g/mol. The van der Waals surface area contributed by atoms with Crippen LogP contribution in [-0.4, -0.2) is 0 Å². The second-order valence-electron chi connectivity index (χ2n) is 19.0. The fourth-order valence-electron chi connectivity index (χ4n) is 9.80. The molecule has 0 N–H and O–H groups in total.